The van der Waals surface area contributed by atoms with Crippen LogP contribution in [0.3, 0.4) is 0 Å². The Kier molecular flexibility index (Phi) is 4.33. The van der Waals surface area contributed by atoms with E-state index in [0.29, 0.717) is 0 Å². The van der Waals surface area contributed by atoms with Gasteiger partial charge in [0.15, 0.2) is 0 Å². The molecule has 0 bridgehead atoms. The zero-order chi connectivity index (χ0) is 12.8. The highest BCUT2D eigenvalue weighted by Gasteiger charge is 2.04. The average molecular weight is 248 g/mol. The van der Waals surface area contributed by atoms with E-state index in [1.807, 2.05) is 13.1 Å². The highest BCUT2D eigenvalue weighted by atomic mass is 15.4. The van der Waals surface area contributed by atoms with Crippen molar-refractivity contribution in [1.29, 1.82) is 0 Å². The minimum Gasteiger partial charge on any atom is -0.354 e. The number of anilines is 1. The van der Waals surface area contributed by atoms with Crippen LogP contribution >= 0.6 is 0 Å². The van der Waals surface area contributed by atoms with Crippen molar-refractivity contribution in [3.63, 3.8) is 0 Å². The van der Waals surface area contributed by atoms with Crippen LogP contribution in [0.2, 0.25) is 0 Å². The van der Waals surface area contributed by atoms with Gasteiger partial charge in [-0.2, -0.15) is 0 Å². The number of aromatic nitrogens is 5. The van der Waals surface area contributed by atoms with Crippen LogP contribution in [0.5, 0.6) is 0 Å². The second kappa shape index (κ2) is 6.18. The summed E-state index contributed by atoms with van der Waals surface area (Å²) < 4.78 is 3.99. The molecule has 18 heavy (non-hydrogen) atoms. The largest absolute Gasteiger partial charge is 0.354 e. The van der Waals surface area contributed by atoms with Gasteiger partial charge in [0, 0.05) is 25.5 Å². The van der Waals surface area contributed by atoms with E-state index in [4.69, 9.17) is 0 Å². The first-order valence-corrected chi connectivity index (χ1v) is 6.41. The van der Waals surface area contributed by atoms with Crippen molar-refractivity contribution >= 4 is 5.95 Å². The molecule has 0 aliphatic heterocycles. The fourth-order valence-corrected chi connectivity index (χ4v) is 1.82. The Morgan fingerprint density at radius 1 is 1.33 bits per heavy atom. The first-order valence-electron chi connectivity index (χ1n) is 6.41. The first-order chi connectivity index (χ1) is 8.79. The maximum atomic E-state index is 4.49. The molecule has 0 atom stereocenters. The highest BCUT2D eigenvalue weighted by Crippen LogP contribution is 2.09. The van der Waals surface area contributed by atoms with Gasteiger partial charge in [-0.05, 0) is 13.3 Å². The molecule has 2 heterocycles. The van der Waals surface area contributed by atoms with Crippen molar-refractivity contribution in [1.82, 2.24) is 24.5 Å². The van der Waals surface area contributed by atoms with Crippen LogP contribution in [-0.2, 0) is 13.1 Å². The maximum absolute atomic E-state index is 4.49. The molecule has 2 rings (SSSR count). The third kappa shape index (κ3) is 3.32. The molecule has 0 aliphatic carbocycles. The summed E-state index contributed by atoms with van der Waals surface area (Å²) >= 11 is 0. The van der Waals surface area contributed by atoms with Gasteiger partial charge in [-0.3, -0.25) is 4.68 Å². The molecule has 0 fully saturated rings. The molecular formula is C12H20N6. The molecule has 0 radical (unpaired) electrons. The lowest BCUT2D eigenvalue weighted by atomic mass is 10.3. The minimum absolute atomic E-state index is 0.791. The van der Waals surface area contributed by atoms with Crippen molar-refractivity contribution in [2.24, 2.45) is 0 Å². The van der Waals surface area contributed by atoms with Crippen molar-refractivity contribution in [3.8, 4) is 0 Å². The molecule has 0 saturated heterocycles. The summed E-state index contributed by atoms with van der Waals surface area (Å²) in [5.41, 5.74) is 1.05. The molecule has 0 amide bonds. The third-order valence-electron chi connectivity index (χ3n) is 2.75. The monoisotopic (exact) mass is 248 g/mol. The normalized spacial score (nSPS) is 10.8. The Morgan fingerprint density at radius 3 is 2.94 bits per heavy atom. The maximum Gasteiger partial charge on any atom is 0.203 e. The molecule has 6 heteroatoms. The number of nitrogens with zero attached hydrogens (tertiary/aromatic N) is 5. The van der Waals surface area contributed by atoms with Crippen molar-refractivity contribution < 1.29 is 0 Å². The standard InChI is InChI=1S/C12H20N6/c1-3-4-7-17-10-11(2)15-12(17)13-5-8-18-9-6-14-16-18/h6,9-10H,3-5,7-8H2,1-2H3,(H,13,15). The second-order valence-corrected chi connectivity index (χ2v) is 4.35. The second-order valence-electron chi connectivity index (χ2n) is 4.35. The van der Waals surface area contributed by atoms with Gasteiger partial charge in [0.05, 0.1) is 18.4 Å². The van der Waals surface area contributed by atoms with E-state index in [1.54, 1.807) is 10.9 Å². The fraction of sp³-hybridized carbons (Fsp3) is 0.583. The SMILES string of the molecule is CCCCn1cc(C)nc1NCCn1ccnn1. The molecular weight excluding hydrogens is 228 g/mol. The van der Waals surface area contributed by atoms with Gasteiger partial charge < -0.3 is 9.88 Å². The summed E-state index contributed by atoms with van der Waals surface area (Å²) in [6.07, 6.45) is 8.00. The van der Waals surface area contributed by atoms with E-state index < -0.39 is 0 Å². The van der Waals surface area contributed by atoms with Crippen LogP contribution in [0.25, 0.3) is 0 Å². The number of nitrogens with one attached hydrogen (secondary N) is 1. The zero-order valence-electron chi connectivity index (χ0n) is 11.0. The molecule has 98 valence electrons. The molecule has 0 unspecified atom stereocenters. The molecule has 0 saturated carbocycles. The van der Waals surface area contributed by atoms with Gasteiger partial charge in [0.2, 0.25) is 5.95 Å². The lowest BCUT2D eigenvalue weighted by Crippen LogP contribution is -2.14. The number of aryl methyl sites for hydroxylation is 2. The lowest BCUT2D eigenvalue weighted by Gasteiger charge is -2.08. The first kappa shape index (κ1) is 12.6. The van der Waals surface area contributed by atoms with Crippen molar-refractivity contribution in [3.05, 3.63) is 24.3 Å². The van der Waals surface area contributed by atoms with Crippen molar-refractivity contribution in [2.75, 3.05) is 11.9 Å². The van der Waals surface area contributed by atoms with E-state index >= 15 is 0 Å². The summed E-state index contributed by atoms with van der Waals surface area (Å²) in [4.78, 5) is 4.49. The molecule has 0 aliphatic rings. The van der Waals surface area contributed by atoms with Gasteiger partial charge in [-0.25, -0.2) is 4.98 Å². The van der Waals surface area contributed by atoms with Gasteiger partial charge in [0.25, 0.3) is 0 Å². The number of hydrogen-bond acceptors (Lipinski definition) is 4. The Hall–Kier alpha value is -1.85. The van der Waals surface area contributed by atoms with E-state index in [2.05, 4.69) is 38.3 Å². The predicted molar refractivity (Wildman–Crippen MR) is 70.4 cm³/mol. The van der Waals surface area contributed by atoms with Crippen LogP contribution < -0.4 is 5.32 Å². The predicted octanol–water partition coefficient (Wildman–Crippen LogP) is 1.70. The van der Waals surface area contributed by atoms with Gasteiger partial charge in [-0.1, -0.05) is 18.6 Å². The lowest BCUT2D eigenvalue weighted by molar-refractivity contribution is 0.599. The van der Waals surface area contributed by atoms with Crippen molar-refractivity contribution in [2.45, 2.75) is 39.8 Å². The summed E-state index contributed by atoms with van der Waals surface area (Å²) in [7, 11) is 0. The van der Waals surface area contributed by atoms with Gasteiger partial charge in [0.1, 0.15) is 0 Å². The topological polar surface area (TPSA) is 60.6 Å². The Bertz CT molecular complexity index is 459. The van der Waals surface area contributed by atoms with Crippen LogP contribution in [0.15, 0.2) is 18.6 Å². The molecule has 1 N–H and O–H groups in total. The van der Waals surface area contributed by atoms with Crippen LogP contribution in [-0.4, -0.2) is 31.1 Å². The molecule has 2 aromatic heterocycles. The fourth-order valence-electron chi connectivity index (χ4n) is 1.82. The van der Waals surface area contributed by atoms with E-state index in [0.717, 1.165) is 31.3 Å². The summed E-state index contributed by atoms with van der Waals surface area (Å²) in [6.45, 7) is 6.82. The zero-order valence-corrected chi connectivity index (χ0v) is 11.0. The number of unbranched alkanes of at least 4 members (excludes halogenated alkanes) is 1. The number of imidazole rings is 1. The van der Waals surface area contributed by atoms with E-state index in [9.17, 15) is 0 Å². The third-order valence-corrected chi connectivity index (χ3v) is 2.75. The molecule has 6 nitrogen and oxygen atoms in total. The Morgan fingerprint density at radius 2 is 2.22 bits per heavy atom. The highest BCUT2D eigenvalue weighted by molar-refractivity contribution is 5.28. The van der Waals surface area contributed by atoms with Gasteiger partial charge >= 0.3 is 0 Å². The molecule has 2 aromatic rings. The van der Waals surface area contributed by atoms with Gasteiger partial charge in [-0.15, -0.1) is 5.10 Å². The summed E-state index contributed by atoms with van der Waals surface area (Å²) in [5, 5.41) is 11.0. The Balaban J connectivity index is 1.87. The molecule has 0 spiro atoms. The van der Waals surface area contributed by atoms with E-state index in [1.165, 1.54) is 12.8 Å². The average Bonchev–Trinajstić information content (AvgIpc) is 2.97. The number of hydrogen-bond donors (Lipinski definition) is 1. The minimum atomic E-state index is 0.791. The smallest absolute Gasteiger partial charge is 0.203 e. The van der Waals surface area contributed by atoms with E-state index in [-0.39, 0.29) is 0 Å². The van der Waals surface area contributed by atoms with Crippen LogP contribution in [0, 0.1) is 6.92 Å². The molecule has 0 aromatic carbocycles. The van der Waals surface area contributed by atoms with Crippen LogP contribution in [0.4, 0.5) is 5.95 Å². The Labute approximate surface area is 107 Å². The summed E-state index contributed by atoms with van der Waals surface area (Å²) in [6, 6.07) is 0. The number of rotatable bonds is 7. The summed E-state index contributed by atoms with van der Waals surface area (Å²) in [5.74, 6) is 0.945. The van der Waals surface area contributed by atoms with Crippen LogP contribution in [0.1, 0.15) is 25.5 Å². The quantitative estimate of drug-likeness (QED) is 0.810.